The average Bonchev–Trinajstić information content (AvgIpc) is 2.75. The summed E-state index contributed by atoms with van der Waals surface area (Å²) in [5.41, 5.74) is 1.94. The number of alkyl carbamates (subject to hydrolysis) is 1. The Hall–Kier alpha value is -3.39. The van der Waals surface area contributed by atoms with Crippen molar-refractivity contribution in [1.82, 2.24) is 10.6 Å². The summed E-state index contributed by atoms with van der Waals surface area (Å²) < 4.78 is 16.3. The quantitative estimate of drug-likeness (QED) is 0.531. The molecule has 0 heterocycles. The van der Waals surface area contributed by atoms with Crippen LogP contribution in [0.5, 0.6) is 0 Å². The minimum absolute atomic E-state index is 0.0322. The van der Waals surface area contributed by atoms with E-state index in [1.807, 2.05) is 54.6 Å². The van der Waals surface area contributed by atoms with Crippen molar-refractivity contribution in [3.8, 4) is 0 Å². The number of carbonyl (C=O) groups excluding carboxylic acids is 3. The van der Waals surface area contributed by atoms with Gasteiger partial charge >= 0.3 is 12.1 Å². The van der Waals surface area contributed by atoms with Crippen LogP contribution >= 0.6 is 0 Å². The summed E-state index contributed by atoms with van der Waals surface area (Å²) >= 11 is 0. The van der Waals surface area contributed by atoms with E-state index in [2.05, 4.69) is 10.6 Å². The van der Waals surface area contributed by atoms with E-state index in [1.54, 1.807) is 20.8 Å². The molecule has 2 aromatic carbocycles. The van der Waals surface area contributed by atoms with Gasteiger partial charge in [-0.2, -0.15) is 0 Å². The van der Waals surface area contributed by atoms with Gasteiger partial charge < -0.3 is 24.8 Å². The number of hydrogen-bond acceptors (Lipinski definition) is 6. The van der Waals surface area contributed by atoms with Crippen LogP contribution in [0.25, 0.3) is 0 Å². The van der Waals surface area contributed by atoms with Gasteiger partial charge in [-0.15, -0.1) is 0 Å². The first kappa shape index (κ1) is 25.9. The highest BCUT2D eigenvalue weighted by Crippen LogP contribution is 2.10. The van der Waals surface area contributed by atoms with Crippen molar-refractivity contribution in [3.05, 3.63) is 71.3 Å². The Morgan fingerprint density at radius 2 is 1.48 bits per heavy atom. The first-order chi connectivity index (χ1) is 15.6. The Kier molecular flexibility index (Phi) is 9.87. The standard InChI is InChI=1S/C25H32N2O6/c1-18(28)26-14-19-10-12-21(13-11-19)16-32-23(29)22(27-24(30)33-25(2,3)4)17-31-15-20-8-6-5-7-9-20/h5-13,22H,14-17H2,1-4H3,(H,26,28)(H,27,30)/t22-/m0/s1. The maximum Gasteiger partial charge on any atom is 0.408 e. The Balaban J connectivity index is 1.93. The minimum Gasteiger partial charge on any atom is -0.459 e. The van der Waals surface area contributed by atoms with E-state index in [0.717, 1.165) is 16.7 Å². The van der Waals surface area contributed by atoms with E-state index >= 15 is 0 Å². The van der Waals surface area contributed by atoms with E-state index in [4.69, 9.17) is 14.2 Å². The van der Waals surface area contributed by atoms with Crippen LogP contribution in [0.4, 0.5) is 4.79 Å². The van der Waals surface area contributed by atoms with Crippen molar-refractivity contribution < 1.29 is 28.6 Å². The Morgan fingerprint density at radius 3 is 2.09 bits per heavy atom. The fraction of sp³-hybridized carbons (Fsp3) is 0.400. The maximum atomic E-state index is 12.7. The molecule has 0 saturated carbocycles. The van der Waals surface area contributed by atoms with Gasteiger partial charge in [-0.05, 0) is 37.5 Å². The Labute approximate surface area is 194 Å². The fourth-order valence-electron chi connectivity index (χ4n) is 2.72. The van der Waals surface area contributed by atoms with E-state index in [1.165, 1.54) is 6.92 Å². The van der Waals surface area contributed by atoms with Crippen LogP contribution in [0.15, 0.2) is 54.6 Å². The lowest BCUT2D eigenvalue weighted by Crippen LogP contribution is -2.46. The fourth-order valence-corrected chi connectivity index (χ4v) is 2.72. The topological polar surface area (TPSA) is 103 Å². The zero-order valence-electron chi connectivity index (χ0n) is 19.6. The normalized spacial score (nSPS) is 11.9. The summed E-state index contributed by atoms with van der Waals surface area (Å²) in [5.74, 6) is -0.734. The van der Waals surface area contributed by atoms with E-state index in [0.29, 0.717) is 6.54 Å². The molecule has 2 N–H and O–H groups in total. The highest BCUT2D eigenvalue weighted by molar-refractivity contribution is 5.81. The monoisotopic (exact) mass is 456 g/mol. The van der Waals surface area contributed by atoms with Crippen LogP contribution in [-0.4, -0.2) is 36.2 Å². The van der Waals surface area contributed by atoms with Gasteiger partial charge in [-0.25, -0.2) is 9.59 Å². The number of benzene rings is 2. The smallest absolute Gasteiger partial charge is 0.408 e. The number of hydrogen-bond donors (Lipinski definition) is 2. The van der Waals surface area contributed by atoms with Crippen LogP contribution in [0, 0.1) is 0 Å². The molecule has 1 atom stereocenters. The highest BCUT2D eigenvalue weighted by Gasteiger charge is 2.26. The molecule has 2 aromatic rings. The summed E-state index contributed by atoms with van der Waals surface area (Å²) in [7, 11) is 0. The lowest BCUT2D eigenvalue weighted by Gasteiger charge is -2.23. The number of nitrogens with one attached hydrogen (secondary N) is 2. The van der Waals surface area contributed by atoms with Gasteiger partial charge in [-0.3, -0.25) is 4.79 Å². The van der Waals surface area contributed by atoms with E-state index in [-0.39, 0.29) is 25.7 Å². The molecule has 0 radical (unpaired) electrons. The third-order valence-electron chi connectivity index (χ3n) is 4.32. The summed E-state index contributed by atoms with van der Waals surface area (Å²) in [6, 6.07) is 15.8. The van der Waals surface area contributed by atoms with Crippen LogP contribution < -0.4 is 10.6 Å². The van der Waals surface area contributed by atoms with Gasteiger partial charge in [0.05, 0.1) is 13.2 Å². The molecule has 0 saturated heterocycles. The predicted octanol–water partition coefficient (Wildman–Crippen LogP) is 3.48. The largest absolute Gasteiger partial charge is 0.459 e. The number of esters is 1. The third kappa shape index (κ3) is 10.7. The van der Waals surface area contributed by atoms with Gasteiger partial charge in [0, 0.05) is 13.5 Å². The van der Waals surface area contributed by atoms with E-state index < -0.39 is 23.7 Å². The first-order valence-corrected chi connectivity index (χ1v) is 10.7. The van der Waals surface area contributed by atoms with Crippen LogP contribution in [0.3, 0.4) is 0 Å². The van der Waals surface area contributed by atoms with Crippen molar-refractivity contribution in [2.75, 3.05) is 6.61 Å². The summed E-state index contributed by atoms with van der Waals surface area (Å²) in [6.45, 7) is 7.35. The summed E-state index contributed by atoms with van der Waals surface area (Å²) in [4.78, 5) is 35.9. The van der Waals surface area contributed by atoms with Gasteiger partial charge in [0.2, 0.25) is 5.91 Å². The lowest BCUT2D eigenvalue weighted by atomic mass is 10.1. The van der Waals surface area contributed by atoms with Crippen molar-refractivity contribution in [2.45, 2.75) is 59.1 Å². The molecule has 0 bridgehead atoms. The molecule has 33 heavy (non-hydrogen) atoms. The molecule has 0 unspecified atom stereocenters. The first-order valence-electron chi connectivity index (χ1n) is 10.7. The zero-order valence-corrected chi connectivity index (χ0v) is 19.6. The number of amides is 2. The van der Waals surface area contributed by atoms with Crippen molar-refractivity contribution in [3.63, 3.8) is 0 Å². The van der Waals surface area contributed by atoms with Crippen molar-refractivity contribution in [2.24, 2.45) is 0 Å². The highest BCUT2D eigenvalue weighted by atomic mass is 16.6. The molecule has 0 aliphatic rings. The van der Waals surface area contributed by atoms with Crippen LogP contribution in [0.2, 0.25) is 0 Å². The van der Waals surface area contributed by atoms with Gasteiger partial charge in [0.15, 0.2) is 6.04 Å². The molecular formula is C25H32N2O6. The second kappa shape index (κ2) is 12.6. The maximum absolute atomic E-state index is 12.7. The summed E-state index contributed by atoms with van der Waals surface area (Å²) in [6.07, 6.45) is -0.727. The SMILES string of the molecule is CC(=O)NCc1ccc(COC(=O)[C@H](COCc2ccccc2)NC(=O)OC(C)(C)C)cc1. The molecule has 2 amide bonds. The number of carbonyl (C=O) groups is 3. The molecule has 8 nitrogen and oxygen atoms in total. The number of rotatable bonds is 10. The average molecular weight is 457 g/mol. The molecular weight excluding hydrogens is 424 g/mol. The molecule has 0 aliphatic heterocycles. The van der Waals surface area contributed by atoms with Crippen molar-refractivity contribution >= 4 is 18.0 Å². The number of ether oxygens (including phenoxy) is 3. The molecule has 178 valence electrons. The molecule has 8 heteroatoms. The molecule has 0 spiro atoms. The summed E-state index contributed by atoms with van der Waals surface area (Å²) in [5, 5.41) is 5.25. The Morgan fingerprint density at radius 1 is 0.879 bits per heavy atom. The molecule has 0 aliphatic carbocycles. The van der Waals surface area contributed by atoms with Crippen LogP contribution in [-0.2, 0) is 43.6 Å². The second-order valence-electron chi connectivity index (χ2n) is 8.53. The predicted molar refractivity (Wildman–Crippen MR) is 123 cm³/mol. The minimum atomic E-state index is -1.03. The second-order valence-corrected chi connectivity index (χ2v) is 8.53. The third-order valence-corrected chi connectivity index (χ3v) is 4.32. The Bertz CT molecular complexity index is 907. The van der Waals surface area contributed by atoms with Gasteiger partial charge in [0.1, 0.15) is 12.2 Å². The zero-order chi connectivity index (χ0) is 24.3. The molecule has 0 aromatic heterocycles. The lowest BCUT2D eigenvalue weighted by molar-refractivity contribution is -0.149. The van der Waals surface area contributed by atoms with Crippen LogP contribution in [0.1, 0.15) is 44.4 Å². The molecule has 0 fully saturated rings. The van der Waals surface area contributed by atoms with E-state index in [9.17, 15) is 14.4 Å². The van der Waals surface area contributed by atoms with Gasteiger partial charge in [0.25, 0.3) is 0 Å². The van der Waals surface area contributed by atoms with Crippen molar-refractivity contribution in [1.29, 1.82) is 0 Å². The molecule has 2 rings (SSSR count). The van der Waals surface area contributed by atoms with Gasteiger partial charge in [-0.1, -0.05) is 54.6 Å².